The Morgan fingerprint density at radius 2 is 1.92 bits per heavy atom. The van der Waals surface area contributed by atoms with E-state index in [2.05, 4.69) is 16.1 Å². The van der Waals surface area contributed by atoms with Gasteiger partial charge in [-0.2, -0.15) is 0 Å². The molecule has 0 unspecified atom stereocenters. The number of benzene rings is 1. The molecule has 0 radical (unpaired) electrons. The van der Waals surface area contributed by atoms with Crippen LogP contribution in [-0.4, -0.2) is 31.6 Å². The first kappa shape index (κ1) is 21.5. The van der Waals surface area contributed by atoms with E-state index >= 15 is 0 Å². The van der Waals surface area contributed by atoms with E-state index in [1.807, 2.05) is 0 Å². The zero-order valence-electron chi connectivity index (χ0n) is 14.2. The van der Waals surface area contributed by atoms with Crippen LogP contribution in [-0.2, 0) is 20.7 Å². The van der Waals surface area contributed by atoms with Gasteiger partial charge in [0, 0.05) is 37.0 Å². The molecule has 0 spiro atoms. The van der Waals surface area contributed by atoms with E-state index in [1.165, 1.54) is 0 Å². The van der Waals surface area contributed by atoms with Gasteiger partial charge in [-0.05, 0) is 6.92 Å². The van der Waals surface area contributed by atoms with Crippen LogP contribution in [0.15, 0.2) is 18.2 Å². The molecular formula is C17H18F4O5. The van der Waals surface area contributed by atoms with Crippen LogP contribution in [0.5, 0.6) is 11.5 Å². The first-order chi connectivity index (χ1) is 12.2. The normalized spacial score (nSPS) is 10.6. The summed E-state index contributed by atoms with van der Waals surface area (Å²) in [6, 6.07) is 0.695. The highest BCUT2D eigenvalue weighted by Gasteiger charge is 2.24. The zero-order chi connectivity index (χ0) is 19.9. The quantitative estimate of drug-likeness (QED) is 0.284. The highest BCUT2D eigenvalue weighted by Crippen LogP contribution is 2.36. The highest BCUT2D eigenvalue weighted by molar-refractivity contribution is 5.88. The Kier molecular flexibility index (Phi) is 8.08. The topological polar surface area (TPSA) is 61.8 Å². The van der Waals surface area contributed by atoms with Crippen molar-refractivity contribution in [2.45, 2.75) is 33.1 Å². The molecule has 144 valence electrons. The number of hydrogen-bond acceptors (Lipinski definition) is 5. The first-order valence-electron chi connectivity index (χ1n) is 7.62. The van der Waals surface area contributed by atoms with Gasteiger partial charge in [-0.1, -0.05) is 6.58 Å². The molecule has 26 heavy (non-hydrogen) atoms. The molecule has 0 aliphatic rings. The maximum Gasteiger partial charge on any atom is 0.333 e. The number of ether oxygens (including phenoxy) is 3. The van der Waals surface area contributed by atoms with Crippen LogP contribution in [0.2, 0.25) is 0 Å². The molecule has 0 saturated carbocycles. The molecule has 0 N–H and O–H groups in total. The number of hydrogen-bond donors (Lipinski definition) is 0. The van der Waals surface area contributed by atoms with Gasteiger partial charge in [0.1, 0.15) is 5.82 Å². The maximum absolute atomic E-state index is 14.6. The fourth-order valence-corrected chi connectivity index (χ4v) is 1.90. The van der Waals surface area contributed by atoms with Crippen molar-refractivity contribution in [3.05, 3.63) is 35.4 Å². The van der Waals surface area contributed by atoms with Crippen LogP contribution in [0.25, 0.3) is 0 Å². The number of esters is 2. The van der Waals surface area contributed by atoms with Gasteiger partial charge in [-0.25, -0.2) is 22.4 Å². The van der Waals surface area contributed by atoms with Crippen molar-refractivity contribution < 1.29 is 41.4 Å². The van der Waals surface area contributed by atoms with Gasteiger partial charge in [-0.15, -0.1) is 0 Å². The molecule has 1 aromatic rings. The Hall–Kier alpha value is -2.58. The minimum atomic E-state index is -2.67. The average molecular weight is 378 g/mol. The van der Waals surface area contributed by atoms with Crippen LogP contribution in [0.1, 0.15) is 25.8 Å². The first-order valence-corrected chi connectivity index (χ1v) is 7.62. The third-order valence-corrected chi connectivity index (χ3v) is 3.03. The van der Waals surface area contributed by atoms with E-state index in [-0.39, 0.29) is 12.2 Å². The maximum atomic E-state index is 14.6. The second-order valence-corrected chi connectivity index (χ2v) is 5.10. The average Bonchev–Trinajstić information content (AvgIpc) is 2.54. The lowest BCUT2D eigenvalue weighted by molar-refractivity contribution is -0.138. The minimum absolute atomic E-state index is 0.0540. The third kappa shape index (κ3) is 6.05. The second-order valence-electron chi connectivity index (χ2n) is 5.10. The summed E-state index contributed by atoms with van der Waals surface area (Å²) < 4.78 is 67.5. The van der Waals surface area contributed by atoms with Crippen LogP contribution >= 0.6 is 0 Å². The third-order valence-electron chi connectivity index (χ3n) is 3.03. The van der Waals surface area contributed by atoms with Gasteiger partial charge >= 0.3 is 11.9 Å². The summed E-state index contributed by atoms with van der Waals surface area (Å²) in [6.45, 7) is 5.44. The van der Waals surface area contributed by atoms with E-state index < -0.39 is 66.5 Å². The molecule has 0 fully saturated rings. The lowest BCUT2D eigenvalue weighted by Crippen LogP contribution is -2.13. The highest BCUT2D eigenvalue weighted by atomic mass is 19.3. The van der Waals surface area contributed by atoms with Gasteiger partial charge < -0.3 is 14.2 Å². The van der Waals surface area contributed by atoms with Gasteiger partial charge in [-0.3, -0.25) is 4.79 Å². The van der Waals surface area contributed by atoms with Crippen LogP contribution < -0.4 is 9.47 Å². The molecule has 0 heterocycles. The van der Waals surface area contributed by atoms with Gasteiger partial charge in [0.15, 0.2) is 11.6 Å². The predicted molar refractivity (Wildman–Crippen MR) is 83.3 cm³/mol. The van der Waals surface area contributed by atoms with Gasteiger partial charge in [0.2, 0.25) is 12.2 Å². The summed E-state index contributed by atoms with van der Waals surface area (Å²) in [4.78, 5) is 22.7. The van der Waals surface area contributed by atoms with E-state index in [9.17, 15) is 27.2 Å². The fraction of sp³-hybridized carbons (Fsp3) is 0.412. The fourth-order valence-electron chi connectivity index (χ4n) is 1.90. The summed E-state index contributed by atoms with van der Waals surface area (Å²) >= 11 is 0. The number of halogens is 4. The molecule has 0 saturated heterocycles. The standard InChI is InChI=1S/C17H18F4O5/c1-4-24-17(23)9(2)7-11-12(18)8-13(25-6-5-14(19)20)16(15(11)21)26-10(3)22/h8,14H,2,4-7H2,1,3H3. The summed E-state index contributed by atoms with van der Waals surface area (Å²) in [7, 11) is 0. The van der Waals surface area contributed by atoms with Crippen molar-refractivity contribution in [2.24, 2.45) is 0 Å². The molecule has 5 nitrogen and oxygen atoms in total. The van der Waals surface area contributed by atoms with Crippen molar-refractivity contribution in [3.8, 4) is 11.5 Å². The van der Waals surface area contributed by atoms with Crippen molar-refractivity contribution in [1.82, 2.24) is 0 Å². The van der Waals surface area contributed by atoms with Gasteiger partial charge in [0.05, 0.1) is 13.2 Å². The SMILES string of the molecule is C=C(Cc1c(F)cc(OCCC(F)F)c(OC(C)=O)c1F)C(=O)OCC. The minimum Gasteiger partial charge on any atom is -0.489 e. The lowest BCUT2D eigenvalue weighted by atomic mass is 10.0. The Morgan fingerprint density at radius 3 is 2.46 bits per heavy atom. The van der Waals surface area contributed by atoms with E-state index in [1.54, 1.807) is 6.92 Å². The molecule has 0 aliphatic heterocycles. The second kappa shape index (κ2) is 9.79. The predicted octanol–water partition coefficient (Wildman–Crippen LogP) is 3.59. The van der Waals surface area contributed by atoms with E-state index in [4.69, 9.17) is 4.74 Å². The largest absolute Gasteiger partial charge is 0.489 e. The summed E-state index contributed by atoms with van der Waals surface area (Å²) in [5.74, 6) is -5.46. The number of rotatable bonds is 9. The Morgan fingerprint density at radius 1 is 1.27 bits per heavy atom. The Labute approximate surface area is 147 Å². The van der Waals surface area contributed by atoms with E-state index in [0.29, 0.717) is 6.07 Å². The monoisotopic (exact) mass is 378 g/mol. The molecule has 9 heteroatoms. The Balaban J connectivity index is 3.18. The lowest BCUT2D eigenvalue weighted by Gasteiger charge is -2.15. The number of alkyl halides is 2. The molecular weight excluding hydrogens is 360 g/mol. The summed E-state index contributed by atoms with van der Waals surface area (Å²) in [5, 5.41) is 0. The number of carbonyl (C=O) groups is 2. The molecule has 0 aromatic heterocycles. The molecule has 1 aromatic carbocycles. The molecule has 0 bridgehead atoms. The number of carbonyl (C=O) groups excluding carboxylic acids is 2. The zero-order valence-corrected chi connectivity index (χ0v) is 14.2. The van der Waals surface area contributed by atoms with Crippen LogP contribution in [0, 0.1) is 11.6 Å². The molecule has 0 amide bonds. The van der Waals surface area contributed by atoms with Crippen LogP contribution in [0.4, 0.5) is 17.6 Å². The summed E-state index contributed by atoms with van der Waals surface area (Å²) in [5.41, 5.74) is -0.815. The van der Waals surface area contributed by atoms with Crippen molar-refractivity contribution in [1.29, 1.82) is 0 Å². The van der Waals surface area contributed by atoms with Crippen molar-refractivity contribution >= 4 is 11.9 Å². The van der Waals surface area contributed by atoms with Crippen molar-refractivity contribution in [2.75, 3.05) is 13.2 Å². The van der Waals surface area contributed by atoms with Crippen LogP contribution in [0.3, 0.4) is 0 Å². The van der Waals surface area contributed by atoms with Gasteiger partial charge in [0.25, 0.3) is 0 Å². The molecule has 0 aliphatic carbocycles. The molecule has 0 atom stereocenters. The Bertz CT molecular complexity index is 688. The smallest absolute Gasteiger partial charge is 0.333 e. The molecule has 1 rings (SSSR count). The van der Waals surface area contributed by atoms with E-state index in [0.717, 1.165) is 6.92 Å². The summed E-state index contributed by atoms with van der Waals surface area (Å²) in [6.07, 6.45) is -3.89. The van der Waals surface area contributed by atoms with Crippen molar-refractivity contribution in [3.63, 3.8) is 0 Å².